The van der Waals surface area contributed by atoms with Crippen LogP contribution in [0.15, 0.2) is 0 Å². The number of likely N-dealkylation sites (tertiary alicyclic amines) is 1. The van der Waals surface area contributed by atoms with Crippen LogP contribution in [-0.2, 0) is 4.79 Å². The normalized spacial score (nSPS) is 20.1. The minimum atomic E-state index is -0.411. The molecule has 0 unspecified atom stereocenters. The lowest BCUT2D eigenvalue weighted by Crippen LogP contribution is -2.32. The van der Waals surface area contributed by atoms with E-state index in [4.69, 9.17) is 0 Å². The maximum absolute atomic E-state index is 11.9. The maximum atomic E-state index is 11.9. The zero-order valence-electron chi connectivity index (χ0n) is 6.68. The molecule has 1 rings (SSSR count). The molecule has 1 amide bonds. The minimum absolute atomic E-state index is 0.125. The standard InChI is InChI=1S/C8H14FNO/c9-5-7-10-6-3-1-2-4-8(10)11/h1-7H2. The highest BCUT2D eigenvalue weighted by molar-refractivity contribution is 5.76. The Hall–Kier alpha value is -0.600. The van der Waals surface area contributed by atoms with Gasteiger partial charge in [0.05, 0.1) is 0 Å². The molecule has 11 heavy (non-hydrogen) atoms. The van der Waals surface area contributed by atoms with Gasteiger partial charge in [-0.1, -0.05) is 6.42 Å². The molecule has 1 heterocycles. The van der Waals surface area contributed by atoms with Gasteiger partial charge in [-0.3, -0.25) is 4.79 Å². The third kappa shape index (κ3) is 2.48. The van der Waals surface area contributed by atoms with Gasteiger partial charge in [0.1, 0.15) is 6.67 Å². The van der Waals surface area contributed by atoms with E-state index in [0.717, 1.165) is 25.8 Å². The van der Waals surface area contributed by atoms with Crippen molar-refractivity contribution < 1.29 is 9.18 Å². The highest BCUT2D eigenvalue weighted by Gasteiger charge is 2.15. The van der Waals surface area contributed by atoms with Crippen LogP contribution >= 0.6 is 0 Å². The van der Waals surface area contributed by atoms with Crippen LogP contribution in [0, 0.1) is 0 Å². The molecule has 0 aliphatic carbocycles. The molecule has 2 nitrogen and oxygen atoms in total. The molecule has 1 fully saturated rings. The Kier molecular flexibility index (Phi) is 3.33. The molecule has 0 aromatic rings. The molecule has 64 valence electrons. The molecular formula is C8H14FNO. The van der Waals surface area contributed by atoms with E-state index in [-0.39, 0.29) is 5.91 Å². The van der Waals surface area contributed by atoms with Crippen LogP contribution in [0.4, 0.5) is 4.39 Å². The lowest BCUT2D eigenvalue weighted by molar-refractivity contribution is -0.130. The molecule has 1 saturated heterocycles. The van der Waals surface area contributed by atoms with Crippen molar-refractivity contribution in [3.05, 3.63) is 0 Å². The molecule has 0 atom stereocenters. The average Bonchev–Trinajstić information content (AvgIpc) is 2.18. The van der Waals surface area contributed by atoms with Crippen molar-refractivity contribution in [2.24, 2.45) is 0 Å². The fourth-order valence-electron chi connectivity index (χ4n) is 1.38. The number of carbonyl (C=O) groups excluding carboxylic acids is 1. The minimum Gasteiger partial charge on any atom is -0.340 e. The predicted octanol–water partition coefficient (Wildman–Crippen LogP) is 1.36. The summed E-state index contributed by atoms with van der Waals surface area (Å²) in [5.41, 5.74) is 0. The van der Waals surface area contributed by atoms with E-state index in [1.165, 1.54) is 0 Å². The van der Waals surface area contributed by atoms with Crippen molar-refractivity contribution in [3.8, 4) is 0 Å². The lowest BCUT2D eigenvalue weighted by atomic mass is 10.2. The molecule has 0 aromatic carbocycles. The Morgan fingerprint density at radius 3 is 2.91 bits per heavy atom. The SMILES string of the molecule is O=C1CCCCCN1CCF. The van der Waals surface area contributed by atoms with Crippen molar-refractivity contribution in [1.29, 1.82) is 0 Å². The largest absolute Gasteiger partial charge is 0.340 e. The number of nitrogens with zero attached hydrogens (tertiary/aromatic N) is 1. The Morgan fingerprint density at radius 1 is 1.36 bits per heavy atom. The summed E-state index contributed by atoms with van der Waals surface area (Å²) in [6, 6.07) is 0. The van der Waals surface area contributed by atoms with Gasteiger partial charge in [-0.2, -0.15) is 0 Å². The van der Waals surface area contributed by atoms with Gasteiger partial charge in [0, 0.05) is 19.5 Å². The number of carbonyl (C=O) groups is 1. The quantitative estimate of drug-likeness (QED) is 0.595. The number of amides is 1. The van der Waals surface area contributed by atoms with Crippen LogP contribution in [-0.4, -0.2) is 30.6 Å². The van der Waals surface area contributed by atoms with Crippen molar-refractivity contribution in [2.75, 3.05) is 19.8 Å². The third-order valence-corrected chi connectivity index (χ3v) is 2.03. The summed E-state index contributed by atoms with van der Waals surface area (Å²) < 4.78 is 11.9. The molecule has 1 aliphatic heterocycles. The molecular weight excluding hydrogens is 145 g/mol. The number of rotatable bonds is 2. The van der Waals surface area contributed by atoms with Crippen molar-refractivity contribution >= 4 is 5.91 Å². The van der Waals surface area contributed by atoms with Gasteiger partial charge in [0.2, 0.25) is 5.91 Å². The van der Waals surface area contributed by atoms with Crippen LogP contribution in [0.3, 0.4) is 0 Å². The van der Waals surface area contributed by atoms with E-state index >= 15 is 0 Å². The van der Waals surface area contributed by atoms with Gasteiger partial charge in [-0.25, -0.2) is 4.39 Å². The van der Waals surface area contributed by atoms with Gasteiger partial charge in [0.15, 0.2) is 0 Å². The van der Waals surface area contributed by atoms with E-state index in [1.54, 1.807) is 4.90 Å². The number of hydrogen-bond acceptors (Lipinski definition) is 1. The highest BCUT2D eigenvalue weighted by Crippen LogP contribution is 2.10. The Labute approximate surface area is 66.4 Å². The molecule has 0 radical (unpaired) electrons. The molecule has 0 N–H and O–H groups in total. The van der Waals surface area contributed by atoms with E-state index in [0.29, 0.717) is 13.0 Å². The van der Waals surface area contributed by atoms with Crippen LogP contribution in [0.1, 0.15) is 25.7 Å². The molecule has 3 heteroatoms. The third-order valence-electron chi connectivity index (χ3n) is 2.03. The Bertz CT molecular complexity index is 138. The van der Waals surface area contributed by atoms with E-state index in [9.17, 15) is 9.18 Å². The van der Waals surface area contributed by atoms with Crippen molar-refractivity contribution in [3.63, 3.8) is 0 Å². The molecule has 0 bridgehead atoms. The van der Waals surface area contributed by atoms with Crippen molar-refractivity contribution in [2.45, 2.75) is 25.7 Å². The number of alkyl halides is 1. The van der Waals surface area contributed by atoms with Gasteiger partial charge >= 0.3 is 0 Å². The molecule has 0 aromatic heterocycles. The summed E-state index contributed by atoms with van der Waals surface area (Å²) in [6.07, 6.45) is 3.72. The zero-order valence-corrected chi connectivity index (χ0v) is 6.68. The maximum Gasteiger partial charge on any atom is 0.222 e. The van der Waals surface area contributed by atoms with Crippen LogP contribution < -0.4 is 0 Å². The van der Waals surface area contributed by atoms with Crippen LogP contribution in [0.25, 0.3) is 0 Å². The van der Waals surface area contributed by atoms with Crippen molar-refractivity contribution in [1.82, 2.24) is 4.90 Å². The fraction of sp³-hybridized carbons (Fsp3) is 0.875. The average molecular weight is 159 g/mol. The first kappa shape index (κ1) is 8.50. The number of hydrogen-bond donors (Lipinski definition) is 0. The fourth-order valence-corrected chi connectivity index (χ4v) is 1.38. The summed E-state index contributed by atoms with van der Waals surface area (Å²) in [5.74, 6) is 0.125. The monoisotopic (exact) mass is 159 g/mol. The summed E-state index contributed by atoms with van der Waals surface area (Å²) in [6.45, 7) is 0.632. The topological polar surface area (TPSA) is 20.3 Å². The second kappa shape index (κ2) is 4.31. The predicted molar refractivity (Wildman–Crippen MR) is 41.0 cm³/mol. The van der Waals surface area contributed by atoms with Gasteiger partial charge in [-0.05, 0) is 12.8 Å². The van der Waals surface area contributed by atoms with E-state index in [2.05, 4.69) is 0 Å². The first-order chi connectivity index (χ1) is 5.34. The first-order valence-electron chi connectivity index (χ1n) is 4.18. The second-order valence-electron chi connectivity index (χ2n) is 2.88. The highest BCUT2D eigenvalue weighted by atomic mass is 19.1. The summed E-state index contributed by atoms with van der Waals surface area (Å²) in [4.78, 5) is 12.8. The smallest absolute Gasteiger partial charge is 0.222 e. The molecule has 1 aliphatic rings. The molecule has 0 saturated carbocycles. The van der Waals surface area contributed by atoms with E-state index in [1.807, 2.05) is 0 Å². The van der Waals surface area contributed by atoms with Crippen LogP contribution in [0.2, 0.25) is 0 Å². The molecule has 0 spiro atoms. The van der Waals surface area contributed by atoms with Gasteiger partial charge in [-0.15, -0.1) is 0 Å². The lowest BCUT2D eigenvalue weighted by Gasteiger charge is -2.17. The summed E-state index contributed by atoms with van der Waals surface area (Å²) in [5, 5.41) is 0. The Morgan fingerprint density at radius 2 is 2.18 bits per heavy atom. The summed E-state index contributed by atoms with van der Waals surface area (Å²) >= 11 is 0. The summed E-state index contributed by atoms with van der Waals surface area (Å²) in [7, 11) is 0. The van der Waals surface area contributed by atoms with Gasteiger partial charge < -0.3 is 4.90 Å². The van der Waals surface area contributed by atoms with Crippen LogP contribution in [0.5, 0.6) is 0 Å². The van der Waals surface area contributed by atoms with Gasteiger partial charge in [0.25, 0.3) is 0 Å². The first-order valence-corrected chi connectivity index (χ1v) is 4.18. The van der Waals surface area contributed by atoms with E-state index < -0.39 is 6.67 Å². The second-order valence-corrected chi connectivity index (χ2v) is 2.88. The Balaban J connectivity index is 2.39. The zero-order chi connectivity index (χ0) is 8.10. The number of halogens is 1.